The number of carbonyl (C=O) groups is 2. The van der Waals surface area contributed by atoms with Crippen LogP contribution >= 0.6 is 0 Å². The van der Waals surface area contributed by atoms with E-state index in [9.17, 15) is 9.59 Å². The molecule has 0 bridgehead atoms. The molecule has 5 heteroatoms. The number of rotatable bonds is 11. The summed E-state index contributed by atoms with van der Waals surface area (Å²) >= 11 is 0. The standard InChI is InChI=1S/C14H26O5/c1-10(2)12(14(16)17)9-19-8-7-18-6-5-13(15)11(3)4/h10-12H,5-9H2,1-4H3,(H,16,17). The maximum atomic E-state index is 11.3. The van der Waals surface area contributed by atoms with Gasteiger partial charge in [0.25, 0.3) is 0 Å². The topological polar surface area (TPSA) is 72.8 Å². The van der Waals surface area contributed by atoms with E-state index in [0.717, 1.165) is 0 Å². The van der Waals surface area contributed by atoms with Crippen molar-refractivity contribution in [3.63, 3.8) is 0 Å². The van der Waals surface area contributed by atoms with E-state index < -0.39 is 11.9 Å². The van der Waals surface area contributed by atoms with Crippen molar-refractivity contribution < 1.29 is 24.2 Å². The second kappa shape index (κ2) is 9.92. The highest BCUT2D eigenvalue weighted by atomic mass is 16.5. The lowest BCUT2D eigenvalue weighted by Crippen LogP contribution is -2.25. The Bertz CT molecular complexity index is 273. The fourth-order valence-corrected chi connectivity index (χ4v) is 1.44. The average Bonchev–Trinajstić information content (AvgIpc) is 2.30. The predicted molar refractivity (Wildman–Crippen MR) is 72.1 cm³/mol. The molecular weight excluding hydrogens is 248 g/mol. The Morgan fingerprint density at radius 1 is 1.00 bits per heavy atom. The highest BCUT2D eigenvalue weighted by molar-refractivity contribution is 5.80. The first-order valence-corrected chi connectivity index (χ1v) is 6.77. The highest BCUT2D eigenvalue weighted by Crippen LogP contribution is 2.11. The lowest BCUT2D eigenvalue weighted by molar-refractivity contribution is -0.146. The highest BCUT2D eigenvalue weighted by Gasteiger charge is 2.21. The minimum atomic E-state index is -0.835. The Labute approximate surface area is 115 Å². The van der Waals surface area contributed by atoms with Crippen LogP contribution < -0.4 is 0 Å². The molecule has 0 aliphatic rings. The summed E-state index contributed by atoms with van der Waals surface area (Å²) < 4.78 is 10.5. The number of carboxylic acid groups (broad SMARTS) is 1. The van der Waals surface area contributed by atoms with E-state index in [1.807, 2.05) is 27.7 Å². The summed E-state index contributed by atoms with van der Waals surface area (Å²) in [6.45, 7) is 8.77. The van der Waals surface area contributed by atoms with Crippen LogP contribution in [0.2, 0.25) is 0 Å². The van der Waals surface area contributed by atoms with Crippen LogP contribution in [0.4, 0.5) is 0 Å². The molecule has 19 heavy (non-hydrogen) atoms. The number of hydrogen-bond donors (Lipinski definition) is 1. The second-order valence-electron chi connectivity index (χ2n) is 5.25. The molecule has 0 spiro atoms. The molecule has 0 radical (unpaired) electrons. The number of aliphatic carboxylic acids is 1. The Morgan fingerprint density at radius 3 is 2.05 bits per heavy atom. The molecule has 1 N–H and O–H groups in total. The van der Waals surface area contributed by atoms with E-state index in [-0.39, 0.29) is 24.2 Å². The van der Waals surface area contributed by atoms with E-state index in [1.165, 1.54) is 0 Å². The summed E-state index contributed by atoms with van der Waals surface area (Å²) in [4.78, 5) is 22.2. The van der Waals surface area contributed by atoms with Crippen molar-refractivity contribution in [1.82, 2.24) is 0 Å². The van der Waals surface area contributed by atoms with Crippen LogP contribution in [0.25, 0.3) is 0 Å². The number of ketones is 1. The van der Waals surface area contributed by atoms with E-state index >= 15 is 0 Å². The van der Waals surface area contributed by atoms with E-state index in [2.05, 4.69) is 0 Å². The SMILES string of the molecule is CC(C)C(=O)CCOCCOCC(C(=O)O)C(C)C. The molecule has 1 unspecified atom stereocenters. The van der Waals surface area contributed by atoms with Crippen molar-refractivity contribution >= 4 is 11.8 Å². The van der Waals surface area contributed by atoms with E-state index in [1.54, 1.807) is 0 Å². The van der Waals surface area contributed by atoms with Gasteiger partial charge in [0.05, 0.1) is 32.3 Å². The number of Topliss-reactive ketones (excluding diaryl/α,β-unsaturated/α-hetero) is 1. The molecule has 0 saturated heterocycles. The molecule has 0 aromatic heterocycles. The van der Waals surface area contributed by atoms with Crippen LogP contribution in [0.15, 0.2) is 0 Å². The smallest absolute Gasteiger partial charge is 0.309 e. The molecule has 0 saturated carbocycles. The Kier molecular flexibility index (Phi) is 9.43. The normalized spacial score (nSPS) is 12.9. The third-order valence-electron chi connectivity index (χ3n) is 2.93. The molecule has 1 atom stereocenters. The second-order valence-corrected chi connectivity index (χ2v) is 5.25. The lowest BCUT2D eigenvalue weighted by Gasteiger charge is -2.16. The molecule has 5 nitrogen and oxygen atoms in total. The third-order valence-corrected chi connectivity index (χ3v) is 2.93. The zero-order chi connectivity index (χ0) is 14.8. The maximum absolute atomic E-state index is 11.3. The van der Waals surface area contributed by atoms with Gasteiger partial charge in [-0.1, -0.05) is 27.7 Å². The zero-order valence-electron chi connectivity index (χ0n) is 12.3. The summed E-state index contributed by atoms with van der Waals surface area (Å²) in [6, 6.07) is 0. The van der Waals surface area contributed by atoms with Crippen molar-refractivity contribution in [3.05, 3.63) is 0 Å². The quantitative estimate of drug-likeness (QED) is 0.583. The number of carboxylic acids is 1. The minimum Gasteiger partial charge on any atom is -0.481 e. The number of carbonyl (C=O) groups excluding carboxylic acids is 1. The van der Waals surface area contributed by atoms with Gasteiger partial charge in [0, 0.05) is 12.3 Å². The summed E-state index contributed by atoms with van der Waals surface area (Å²) in [5.41, 5.74) is 0. The van der Waals surface area contributed by atoms with E-state index in [0.29, 0.717) is 26.2 Å². The molecule has 0 aliphatic carbocycles. The van der Waals surface area contributed by atoms with Crippen LogP contribution in [-0.4, -0.2) is 43.3 Å². The fraction of sp³-hybridized carbons (Fsp3) is 0.857. The molecule has 0 rings (SSSR count). The van der Waals surface area contributed by atoms with Gasteiger partial charge in [-0.3, -0.25) is 9.59 Å². The van der Waals surface area contributed by atoms with Crippen LogP contribution in [0.5, 0.6) is 0 Å². The number of ether oxygens (including phenoxy) is 2. The number of hydrogen-bond acceptors (Lipinski definition) is 4. The maximum Gasteiger partial charge on any atom is 0.309 e. The first-order chi connectivity index (χ1) is 8.86. The predicted octanol–water partition coefficient (Wildman–Crippen LogP) is 1.99. The van der Waals surface area contributed by atoms with Crippen LogP contribution in [-0.2, 0) is 19.1 Å². The molecule has 0 fully saturated rings. The van der Waals surface area contributed by atoms with Crippen LogP contribution in [0.1, 0.15) is 34.1 Å². The summed E-state index contributed by atoms with van der Waals surface area (Å²) in [6.07, 6.45) is 0.418. The van der Waals surface area contributed by atoms with Gasteiger partial charge in [-0.15, -0.1) is 0 Å². The van der Waals surface area contributed by atoms with Crippen molar-refractivity contribution in [3.8, 4) is 0 Å². The lowest BCUT2D eigenvalue weighted by atomic mass is 9.97. The van der Waals surface area contributed by atoms with Crippen molar-refractivity contribution in [2.45, 2.75) is 34.1 Å². The zero-order valence-corrected chi connectivity index (χ0v) is 12.3. The van der Waals surface area contributed by atoms with Crippen LogP contribution in [0.3, 0.4) is 0 Å². The van der Waals surface area contributed by atoms with Crippen LogP contribution in [0, 0.1) is 17.8 Å². The fourth-order valence-electron chi connectivity index (χ4n) is 1.44. The third kappa shape index (κ3) is 8.72. The molecular formula is C14H26O5. The van der Waals surface area contributed by atoms with Gasteiger partial charge in [0.15, 0.2) is 0 Å². The summed E-state index contributed by atoms with van der Waals surface area (Å²) in [5.74, 6) is -1.04. The van der Waals surface area contributed by atoms with Crippen molar-refractivity contribution in [1.29, 1.82) is 0 Å². The molecule has 0 aliphatic heterocycles. The average molecular weight is 274 g/mol. The van der Waals surface area contributed by atoms with Crippen molar-refractivity contribution in [2.75, 3.05) is 26.4 Å². The van der Waals surface area contributed by atoms with Gasteiger partial charge >= 0.3 is 5.97 Å². The van der Waals surface area contributed by atoms with Gasteiger partial charge < -0.3 is 14.6 Å². The Hall–Kier alpha value is -0.940. The first-order valence-electron chi connectivity index (χ1n) is 6.77. The summed E-state index contributed by atoms with van der Waals surface area (Å²) in [5, 5.41) is 8.95. The molecule has 112 valence electrons. The van der Waals surface area contributed by atoms with Gasteiger partial charge in [-0.25, -0.2) is 0 Å². The van der Waals surface area contributed by atoms with Gasteiger partial charge in [0.1, 0.15) is 5.78 Å². The summed E-state index contributed by atoms with van der Waals surface area (Å²) in [7, 11) is 0. The first kappa shape index (κ1) is 18.1. The molecule has 0 aromatic rings. The minimum absolute atomic E-state index is 0.0436. The van der Waals surface area contributed by atoms with E-state index in [4.69, 9.17) is 14.6 Å². The molecule has 0 heterocycles. The largest absolute Gasteiger partial charge is 0.481 e. The van der Waals surface area contributed by atoms with Gasteiger partial charge in [-0.05, 0) is 5.92 Å². The monoisotopic (exact) mass is 274 g/mol. The Balaban J connectivity index is 3.55. The van der Waals surface area contributed by atoms with Gasteiger partial charge in [-0.2, -0.15) is 0 Å². The Morgan fingerprint density at radius 2 is 1.58 bits per heavy atom. The molecule has 0 aromatic carbocycles. The van der Waals surface area contributed by atoms with Gasteiger partial charge in [0.2, 0.25) is 0 Å². The van der Waals surface area contributed by atoms with Crippen molar-refractivity contribution in [2.24, 2.45) is 17.8 Å². The molecule has 0 amide bonds.